The van der Waals surface area contributed by atoms with Crippen molar-refractivity contribution in [2.75, 3.05) is 0 Å². The summed E-state index contributed by atoms with van der Waals surface area (Å²) >= 11 is 0. The predicted molar refractivity (Wildman–Crippen MR) is 194 cm³/mol. The van der Waals surface area contributed by atoms with Crippen LogP contribution in [0, 0.1) is 0 Å². The Morgan fingerprint density at radius 3 is 1.81 bits per heavy atom. The van der Waals surface area contributed by atoms with Gasteiger partial charge in [-0.05, 0) is 72.8 Å². The maximum atomic E-state index is 5.19. The number of aromatic nitrogens is 5. The average molecular weight is 600 g/mol. The highest BCUT2D eigenvalue weighted by Gasteiger charge is 2.24. The molecule has 0 fully saturated rings. The Labute approximate surface area is 268 Å². The summed E-state index contributed by atoms with van der Waals surface area (Å²) < 4.78 is 7.08. The van der Waals surface area contributed by atoms with E-state index in [9.17, 15) is 0 Å². The van der Waals surface area contributed by atoms with Crippen LogP contribution in [0.1, 0.15) is 0 Å². The lowest BCUT2D eigenvalue weighted by molar-refractivity contribution is 1.17. The molecule has 11 aromatic rings. The van der Waals surface area contributed by atoms with Gasteiger partial charge in [0.1, 0.15) is 11.3 Å². The van der Waals surface area contributed by atoms with Gasteiger partial charge in [0.15, 0.2) is 0 Å². The van der Waals surface area contributed by atoms with Crippen LogP contribution in [0.3, 0.4) is 0 Å². The molecule has 0 spiro atoms. The molecule has 0 saturated heterocycles. The second-order valence-electron chi connectivity index (χ2n) is 12.2. The number of para-hydroxylation sites is 5. The Hall–Kier alpha value is -6.46. The molecule has 0 aliphatic heterocycles. The van der Waals surface area contributed by atoms with E-state index in [1.807, 2.05) is 12.3 Å². The number of pyridine rings is 2. The highest BCUT2D eigenvalue weighted by molar-refractivity contribution is 6.34. The number of rotatable bonds is 2. The monoisotopic (exact) mass is 599 g/mol. The van der Waals surface area contributed by atoms with Crippen LogP contribution in [0.25, 0.3) is 93.5 Å². The molecule has 0 N–H and O–H groups in total. The van der Waals surface area contributed by atoms with Crippen LogP contribution < -0.4 is 0 Å². The van der Waals surface area contributed by atoms with Crippen LogP contribution in [-0.4, -0.2) is 23.5 Å². The summed E-state index contributed by atoms with van der Waals surface area (Å²) in [6, 6.07) is 52.0. The van der Waals surface area contributed by atoms with E-state index in [-0.39, 0.29) is 0 Å². The molecule has 5 nitrogen and oxygen atoms in total. The molecule has 11 rings (SSSR count). The number of hydrogen-bond donors (Lipinski definition) is 0. The maximum absolute atomic E-state index is 5.19. The third kappa shape index (κ3) is 3.17. The zero-order valence-electron chi connectivity index (χ0n) is 25.2. The van der Waals surface area contributed by atoms with Crippen molar-refractivity contribution in [3.8, 4) is 11.4 Å². The fraction of sp³-hybridized carbons (Fsp3) is 0. The molecule has 0 atom stereocenters. The summed E-state index contributed by atoms with van der Waals surface area (Å²) in [5.74, 6) is 0. The number of imidazole rings is 1. The maximum Gasteiger partial charge on any atom is 0.147 e. The van der Waals surface area contributed by atoms with Gasteiger partial charge in [0.05, 0.1) is 33.1 Å². The molecule has 218 valence electrons. The van der Waals surface area contributed by atoms with Crippen molar-refractivity contribution in [2.24, 2.45) is 0 Å². The minimum atomic E-state index is 0.915. The molecular weight excluding hydrogens is 574 g/mol. The number of nitrogens with zero attached hydrogens (tertiary/aromatic N) is 5. The fourth-order valence-corrected chi connectivity index (χ4v) is 8.01. The van der Waals surface area contributed by atoms with E-state index in [4.69, 9.17) is 9.97 Å². The van der Waals surface area contributed by atoms with Crippen LogP contribution >= 0.6 is 0 Å². The molecule has 5 heterocycles. The van der Waals surface area contributed by atoms with Gasteiger partial charge in [-0.1, -0.05) is 72.8 Å². The van der Waals surface area contributed by atoms with Crippen LogP contribution in [-0.2, 0) is 0 Å². The van der Waals surface area contributed by atoms with E-state index in [0.717, 1.165) is 50.0 Å². The Kier molecular flexibility index (Phi) is 4.78. The molecule has 0 aliphatic carbocycles. The Morgan fingerprint density at radius 2 is 1.00 bits per heavy atom. The SMILES string of the molecule is c1ccc(-n2c3ccccc3c3c2ccc2c4c5c6cccnc6n6c7ccccc7nc6c5ccc4n(-c4ccccc4)c23)cc1. The van der Waals surface area contributed by atoms with Crippen molar-refractivity contribution in [2.45, 2.75) is 0 Å². The summed E-state index contributed by atoms with van der Waals surface area (Å²) in [5, 5.41) is 8.31. The van der Waals surface area contributed by atoms with Crippen molar-refractivity contribution in [3.05, 3.63) is 152 Å². The standard InChI is InChI=1S/C42H25N5/c1-3-12-26(13-4-1)45-33-19-9-7-16-28(33)39-36(45)23-21-29-38-35(46(40(29)39)27-14-5-2-6-15-27)24-22-31-37(38)30-17-11-25-43-41(30)47-34-20-10-8-18-32(34)44-42(31)47/h1-25H. The van der Waals surface area contributed by atoms with Crippen LogP contribution in [0.15, 0.2) is 152 Å². The fourth-order valence-electron chi connectivity index (χ4n) is 8.01. The van der Waals surface area contributed by atoms with Gasteiger partial charge >= 0.3 is 0 Å². The zero-order valence-corrected chi connectivity index (χ0v) is 25.2. The smallest absolute Gasteiger partial charge is 0.147 e. The first-order chi connectivity index (χ1) is 23.4. The van der Waals surface area contributed by atoms with Gasteiger partial charge in [0.25, 0.3) is 0 Å². The second-order valence-corrected chi connectivity index (χ2v) is 12.2. The second kappa shape index (κ2) is 9.05. The van der Waals surface area contributed by atoms with E-state index in [1.165, 1.54) is 43.5 Å². The van der Waals surface area contributed by atoms with Gasteiger partial charge in [-0.2, -0.15) is 0 Å². The van der Waals surface area contributed by atoms with E-state index in [0.29, 0.717) is 0 Å². The molecule has 5 heteroatoms. The third-order valence-corrected chi connectivity index (χ3v) is 9.83. The molecule has 0 amide bonds. The lowest BCUT2D eigenvalue weighted by Crippen LogP contribution is -1.96. The number of benzene rings is 6. The lowest BCUT2D eigenvalue weighted by Gasteiger charge is -2.11. The topological polar surface area (TPSA) is 40.1 Å². The highest BCUT2D eigenvalue weighted by Crippen LogP contribution is 2.45. The molecule has 0 bridgehead atoms. The first-order valence-corrected chi connectivity index (χ1v) is 15.9. The van der Waals surface area contributed by atoms with Crippen LogP contribution in [0.4, 0.5) is 0 Å². The molecule has 0 saturated carbocycles. The number of hydrogen-bond acceptors (Lipinski definition) is 2. The Balaban J connectivity index is 1.43. The minimum Gasteiger partial charge on any atom is -0.309 e. The summed E-state index contributed by atoms with van der Waals surface area (Å²) in [7, 11) is 0. The highest BCUT2D eigenvalue weighted by atomic mass is 15.1. The third-order valence-electron chi connectivity index (χ3n) is 9.83. The van der Waals surface area contributed by atoms with E-state index in [1.54, 1.807) is 0 Å². The molecular formula is C42H25N5. The largest absolute Gasteiger partial charge is 0.309 e. The minimum absolute atomic E-state index is 0.915. The molecule has 0 unspecified atom stereocenters. The first-order valence-electron chi connectivity index (χ1n) is 15.9. The summed E-state index contributed by atoms with van der Waals surface area (Å²) in [4.78, 5) is 10.2. The van der Waals surface area contributed by atoms with E-state index < -0.39 is 0 Å². The van der Waals surface area contributed by atoms with Gasteiger partial charge < -0.3 is 9.13 Å². The molecule has 5 aromatic heterocycles. The van der Waals surface area contributed by atoms with Crippen molar-refractivity contribution < 1.29 is 0 Å². The predicted octanol–water partition coefficient (Wildman–Crippen LogP) is 10.4. The molecule has 6 aromatic carbocycles. The van der Waals surface area contributed by atoms with Gasteiger partial charge in [0.2, 0.25) is 0 Å². The van der Waals surface area contributed by atoms with E-state index in [2.05, 4.69) is 153 Å². The molecule has 47 heavy (non-hydrogen) atoms. The van der Waals surface area contributed by atoms with Gasteiger partial charge in [-0.25, -0.2) is 9.97 Å². The Morgan fingerprint density at radius 1 is 0.383 bits per heavy atom. The van der Waals surface area contributed by atoms with Crippen molar-refractivity contribution in [1.82, 2.24) is 23.5 Å². The summed E-state index contributed by atoms with van der Waals surface area (Å²) in [6.45, 7) is 0. The number of fused-ring (bicyclic) bond motifs is 16. The van der Waals surface area contributed by atoms with Crippen molar-refractivity contribution in [3.63, 3.8) is 0 Å². The molecule has 0 radical (unpaired) electrons. The normalized spacial score (nSPS) is 12.3. The molecule has 0 aliphatic rings. The Bertz CT molecular complexity index is 3060. The summed E-state index contributed by atoms with van der Waals surface area (Å²) in [6.07, 6.45) is 1.89. The van der Waals surface area contributed by atoms with Gasteiger partial charge in [0, 0.05) is 55.3 Å². The van der Waals surface area contributed by atoms with Crippen LogP contribution in [0.2, 0.25) is 0 Å². The van der Waals surface area contributed by atoms with Crippen molar-refractivity contribution >= 4 is 82.1 Å². The quantitative estimate of drug-likeness (QED) is 0.186. The van der Waals surface area contributed by atoms with Crippen LogP contribution in [0.5, 0.6) is 0 Å². The van der Waals surface area contributed by atoms with E-state index >= 15 is 0 Å². The first kappa shape index (κ1) is 24.8. The van der Waals surface area contributed by atoms with Gasteiger partial charge in [-0.3, -0.25) is 4.40 Å². The summed E-state index contributed by atoms with van der Waals surface area (Å²) in [5.41, 5.74) is 10.9. The van der Waals surface area contributed by atoms with Gasteiger partial charge in [-0.15, -0.1) is 0 Å². The zero-order chi connectivity index (χ0) is 30.6. The lowest BCUT2D eigenvalue weighted by atomic mass is 10.0. The average Bonchev–Trinajstić information content (AvgIpc) is 3.80. The van der Waals surface area contributed by atoms with Crippen molar-refractivity contribution in [1.29, 1.82) is 0 Å².